The lowest BCUT2D eigenvalue weighted by Gasteiger charge is -2.31. The second kappa shape index (κ2) is 6.38. The Hall–Kier alpha value is -0.0800. The fraction of sp³-hybridized carbons (Fsp3) is 1.00. The molecule has 1 atom stereocenters. The fourth-order valence-corrected chi connectivity index (χ4v) is 3.15. The van der Waals surface area contributed by atoms with Gasteiger partial charge in [-0.05, 0) is 57.0 Å². The van der Waals surface area contributed by atoms with Gasteiger partial charge in [0.05, 0.1) is 0 Å². The van der Waals surface area contributed by atoms with Crippen molar-refractivity contribution in [1.82, 2.24) is 10.2 Å². The normalized spacial score (nSPS) is 26.8. The van der Waals surface area contributed by atoms with Gasteiger partial charge < -0.3 is 5.32 Å². The maximum atomic E-state index is 3.74. The summed E-state index contributed by atoms with van der Waals surface area (Å²) in [6.07, 6.45) is 9.65. The van der Waals surface area contributed by atoms with E-state index in [1.807, 2.05) is 0 Å². The number of hydrogen-bond donors (Lipinski definition) is 1. The zero-order valence-electron chi connectivity index (χ0n) is 12.7. The average molecular weight is 252 g/mol. The topological polar surface area (TPSA) is 15.3 Å². The maximum Gasteiger partial charge on any atom is 0.0220 e. The summed E-state index contributed by atoms with van der Waals surface area (Å²) in [5.41, 5.74) is 0.565. The first-order chi connectivity index (χ1) is 8.61. The molecular formula is C16H32N2. The average Bonchev–Trinajstić information content (AvgIpc) is 3.12. The van der Waals surface area contributed by atoms with Crippen LogP contribution in [-0.2, 0) is 0 Å². The predicted molar refractivity (Wildman–Crippen MR) is 78.9 cm³/mol. The zero-order valence-corrected chi connectivity index (χ0v) is 12.7. The summed E-state index contributed by atoms with van der Waals surface area (Å²) in [6.45, 7) is 11.1. The highest BCUT2D eigenvalue weighted by atomic mass is 15.2. The third kappa shape index (κ3) is 4.55. The first-order valence-corrected chi connectivity index (χ1v) is 8.08. The van der Waals surface area contributed by atoms with Crippen molar-refractivity contribution in [2.45, 2.75) is 77.8 Å². The van der Waals surface area contributed by atoms with Crippen molar-refractivity contribution in [3.63, 3.8) is 0 Å². The van der Waals surface area contributed by atoms with Gasteiger partial charge in [0.1, 0.15) is 0 Å². The van der Waals surface area contributed by atoms with E-state index < -0.39 is 0 Å². The van der Waals surface area contributed by atoms with Crippen LogP contribution in [0, 0.1) is 5.41 Å². The van der Waals surface area contributed by atoms with Crippen molar-refractivity contribution < 1.29 is 0 Å². The minimum atomic E-state index is 0.565. The molecule has 0 aromatic rings. The fourth-order valence-electron chi connectivity index (χ4n) is 3.15. The molecular weight excluding hydrogens is 220 g/mol. The van der Waals surface area contributed by atoms with Gasteiger partial charge in [-0.15, -0.1) is 0 Å². The Kier molecular flexibility index (Phi) is 5.08. The molecule has 2 aliphatic rings. The van der Waals surface area contributed by atoms with Crippen LogP contribution in [-0.4, -0.2) is 36.6 Å². The molecule has 2 nitrogen and oxygen atoms in total. The van der Waals surface area contributed by atoms with E-state index in [4.69, 9.17) is 0 Å². The van der Waals surface area contributed by atoms with Gasteiger partial charge in [-0.25, -0.2) is 0 Å². The molecule has 2 rings (SSSR count). The third-order valence-corrected chi connectivity index (χ3v) is 4.73. The molecule has 2 heteroatoms. The largest absolute Gasteiger partial charge is 0.312 e. The van der Waals surface area contributed by atoms with Crippen molar-refractivity contribution in [3.05, 3.63) is 0 Å². The molecule has 1 saturated carbocycles. The van der Waals surface area contributed by atoms with Crippen molar-refractivity contribution in [2.75, 3.05) is 19.6 Å². The minimum absolute atomic E-state index is 0.565. The Morgan fingerprint density at radius 3 is 2.67 bits per heavy atom. The molecule has 1 saturated heterocycles. The van der Waals surface area contributed by atoms with E-state index >= 15 is 0 Å². The van der Waals surface area contributed by atoms with Crippen LogP contribution in [0.3, 0.4) is 0 Å². The highest BCUT2D eigenvalue weighted by Gasteiger charge is 2.28. The maximum absolute atomic E-state index is 3.74. The SMILES string of the molecule is CCCC(CNC1CC1)N1CCCC(C)(C)CC1. The second-order valence-electron chi connectivity index (χ2n) is 7.18. The van der Waals surface area contributed by atoms with Crippen molar-refractivity contribution in [3.8, 4) is 0 Å². The highest BCUT2D eigenvalue weighted by Crippen LogP contribution is 2.31. The number of nitrogens with zero attached hydrogens (tertiary/aromatic N) is 1. The van der Waals surface area contributed by atoms with Crippen molar-refractivity contribution in [1.29, 1.82) is 0 Å². The predicted octanol–water partition coefficient (Wildman–Crippen LogP) is 3.42. The molecule has 0 radical (unpaired) electrons. The molecule has 18 heavy (non-hydrogen) atoms. The molecule has 1 aliphatic heterocycles. The molecule has 1 N–H and O–H groups in total. The van der Waals surface area contributed by atoms with Crippen LogP contribution in [0.15, 0.2) is 0 Å². The summed E-state index contributed by atoms with van der Waals surface area (Å²) in [5, 5.41) is 3.74. The quantitative estimate of drug-likeness (QED) is 0.779. The van der Waals surface area contributed by atoms with Gasteiger partial charge in [-0.1, -0.05) is 27.2 Å². The lowest BCUT2D eigenvalue weighted by molar-refractivity contribution is 0.180. The molecule has 0 aromatic heterocycles. The van der Waals surface area contributed by atoms with E-state index in [0.717, 1.165) is 12.1 Å². The van der Waals surface area contributed by atoms with Crippen LogP contribution in [0.2, 0.25) is 0 Å². The van der Waals surface area contributed by atoms with E-state index in [1.165, 1.54) is 64.6 Å². The number of hydrogen-bond acceptors (Lipinski definition) is 2. The van der Waals surface area contributed by atoms with Crippen LogP contribution >= 0.6 is 0 Å². The standard InChI is InChI=1S/C16H32N2/c1-4-6-15(13-17-14-7-8-14)18-11-5-9-16(2,3)10-12-18/h14-15,17H,4-13H2,1-3H3. The van der Waals surface area contributed by atoms with Crippen LogP contribution in [0.4, 0.5) is 0 Å². The zero-order chi connectivity index (χ0) is 13.0. The van der Waals surface area contributed by atoms with Crippen molar-refractivity contribution in [2.24, 2.45) is 5.41 Å². The van der Waals surface area contributed by atoms with Crippen LogP contribution < -0.4 is 5.32 Å². The molecule has 1 heterocycles. The molecule has 0 spiro atoms. The Morgan fingerprint density at radius 1 is 1.22 bits per heavy atom. The van der Waals surface area contributed by atoms with Gasteiger partial charge >= 0.3 is 0 Å². The molecule has 0 aromatic carbocycles. The lowest BCUT2D eigenvalue weighted by Crippen LogP contribution is -2.43. The summed E-state index contributed by atoms with van der Waals surface area (Å²) >= 11 is 0. The number of likely N-dealkylation sites (tertiary alicyclic amines) is 1. The Balaban J connectivity index is 1.83. The summed E-state index contributed by atoms with van der Waals surface area (Å²) in [5.74, 6) is 0. The van der Waals surface area contributed by atoms with E-state index in [1.54, 1.807) is 0 Å². The van der Waals surface area contributed by atoms with Crippen LogP contribution in [0.1, 0.15) is 65.7 Å². The lowest BCUT2D eigenvalue weighted by atomic mass is 9.85. The van der Waals surface area contributed by atoms with Gasteiger partial charge in [0.15, 0.2) is 0 Å². The Bertz CT molecular complexity index is 245. The van der Waals surface area contributed by atoms with Gasteiger partial charge in [0, 0.05) is 18.6 Å². The van der Waals surface area contributed by atoms with Gasteiger partial charge in [0.25, 0.3) is 0 Å². The molecule has 1 aliphatic carbocycles. The molecule has 0 amide bonds. The number of rotatable bonds is 6. The summed E-state index contributed by atoms with van der Waals surface area (Å²) in [6, 6.07) is 1.64. The summed E-state index contributed by atoms with van der Waals surface area (Å²) < 4.78 is 0. The smallest absolute Gasteiger partial charge is 0.0220 e. The Labute approximate surface area is 114 Å². The first kappa shape index (κ1) is 14.3. The van der Waals surface area contributed by atoms with E-state index in [9.17, 15) is 0 Å². The highest BCUT2D eigenvalue weighted by molar-refractivity contribution is 4.86. The molecule has 2 fully saturated rings. The van der Waals surface area contributed by atoms with E-state index in [-0.39, 0.29) is 0 Å². The molecule has 0 bridgehead atoms. The van der Waals surface area contributed by atoms with Gasteiger partial charge in [-0.2, -0.15) is 0 Å². The number of nitrogens with one attached hydrogen (secondary N) is 1. The summed E-state index contributed by atoms with van der Waals surface area (Å²) in [4.78, 5) is 2.77. The Morgan fingerprint density at radius 2 is 2.00 bits per heavy atom. The monoisotopic (exact) mass is 252 g/mol. The van der Waals surface area contributed by atoms with E-state index in [2.05, 4.69) is 31.0 Å². The van der Waals surface area contributed by atoms with Crippen LogP contribution in [0.25, 0.3) is 0 Å². The first-order valence-electron chi connectivity index (χ1n) is 8.08. The van der Waals surface area contributed by atoms with Crippen LogP contribution in [0.5, 0.6) is 0 Å². The van der Waals surface area contributed by atoms with Gasteiger partial charge in [0.2, 0.25) is 0 Å². The molecule has 106 valence electrons. The molecule has 1 unspecified atom stereocenters. The van der Waals surface area contributed by atoms with Crippen molar-refractivity contribution >= 4 is 0 Å². The third-order valence-electron chi connectivity index (χ3n) is 4.73. The second-order valence-corrected chi connectivity index (χ2v) is 7.18. The summed E-state index contributed by atoms with van der Waals surface area (Å²) in [7, 11) is 0. The minimum Gasteiger partial charge on any atom is -0.312 e. The van der Waals surface area contributed by atoms with Gasteiger partial charge in [-0.3, -0.25) is 4.90 Å². The van der Waals surface area contributed by atoms with E-state index in [0.29, 0.717) is 5.41 Å².